The molecule has 0 aliphatic carbocycles. The number of aliphatic imine (C=N–C) groups is 1. The number of fused-ring (bicyclic) bond motifs is 1. The number of carbonyl (C=O) groups is 1. The number of esters is 1. The number of nitrogens with zero attached hydrogens (tertiary/aromatic N) is 1. The third kappa shape index (κ3) is 9.87. The first-order valence-corrected chi connectivity index (χ1v) is 15.7. The number of unbranched alkanes of at least 4 members (excludes halogenated alkanes) is 9. The Hall–Kier alpha value is -3.92. The van der Waals surface area contributed by atoms with E-state index in [1.165, 1.54) is 74.1 Å². The lowest BCUT2D eigenvalue weighted by atomic mass is 10.00. The Labute approximate surface area is 251 Å². The predicted octanol–water partition coefficient (Wildman–Crippen LogP) is 10.5. The van der Waals surface area contributed by atoms with Crippen LogP contribution >= 0.6 is 0 Å². The molecule has 1 unspecified atom stereocenters. The van der Waals surface area contributed by atoms with E-state index in [1.807, 2.05) is 30.5 Å². The van der Waals surface area contributed by atoms with Gasteiger partial charge in [0.05, 0.1) is 18.2 Å². The van der Waals surface area contributed by atoms with Crippen LogP contribution in [0.15, 0.2) is 96.0 Å². The third-order valence-electron chi connectivity index (χ3n) is 7.67. The maximum Gasteiger partial charge on any atom is 0.343 e. The van der Waals surface area contributed by atoms with Gasteiger partial charge in [-0.25, -0.2) is 4.79 Å². The molecule has 0 fully saturated rings. The van der Waals surface area contributed by atoms with Gasteiger partial charge in [-0.1, -0.05) is 107 Å². The van der Waals surface area contributed by atoms with Crippen LogP contribution in [0.25, 0.3) is 10.8 Å². The van der Waals surface area contributed by atoms with Crippen molar-refractivity contribution < 1.29 is 14.3 Å². The smallest absolute Gasteiger partial charge is 0.343 e. The second-order valence-electron chi connectivity index (χ2n) is 11.0. The molecule has 4 rings (SSSR count). The molecular formula is C38H45NO3. The standard InChI is InChI=1S/C38H45NO3/c1-3-4-5-6-7-8-9-10-11-14-28-41-34-26-22-33(23-27-34)38(40)42-35-24-20-31(21-25-35)29-39-30(2)36-19-15-17-32-16-12-13-18-37(32)36/h12-13,15-27,29-30H,3-11,14,28H2,1-2H3. The second-order valence-corrected chi connectivity index (χ2v) is 11.0. The molecule has 1 atom stereocenters. The summed E-state index contributed by atoms with van der Waals surface area (Å²) in [6.07, 6.45) is 14.9. The van der Waals surface area contributed by atoms with Gasteiger partial charge in [0, 0.05) is 6.21 Å². The zero-order valence-corrected chi connectivity index (χ0v) is 25.3. The molecule has 0 aliphatic heterocycles. The van der Waals surface area contributed by atoms with Crippen molar-refractivity contribution in [2.24, 2.45) is 4.99 Å². The van der Waals surface area contributed by atoms with E-state index in [-0.39, 0.29) is 12.0 Å². The van der Waals surface area contributed by atoms with Crippen LogP contribution in [0.2, 0.25) is 0 Å². The fourth-order valence-electron chi connectivity index (χ4n) is 5.15. The first-order chi connectivity index (χ1) is 20.6. The summed E-state index contributed by atoms with van der Waals surface area (Å²) in [5, 5.41) is 2.44. The van der Waals surface area contributed by atoms with E-state index in [4.69, 9.17) is 14.5 Å². The van der Waals surface area contributed by atoms with Crippen LogP contribution < -0.4 is 9.47 Å². The van der Waals surface area contributed by atoms with E-state index < -0.39 is 0 Å². The van der Waals surface area contributed by atoms with E-state index in [1.54, 1.807) is 24.3 Å². The van der Waals surface area contributed by atoms with E-state index in [0.29, 0.717) is 17.9 Å². The van der Waals surface area contributed by atoms with Gasteiger partial charge in [-0.3, -0.25) is 4.99 Å². The number of benzene rings is 4. The van der Waals surface area contributed by atoms with Gasteiger partial charge in [0.1, 0.15) is 11.5 Å². The van der Waals surface area contributed by atoms with Crippen molar-refractivity contribution in [1.82, 2.24) is 0 Å². The minimum atomic E-state index is -0.387. The lowest BCUT2D eigenvalue weighted by Crippen LogP contribution is -2.08. The molecule has 0 bridgehead atoms. The van der Waals surface area contributed by atoms with Crippen molar-refractivity contribution in [1.29, 1.82) is 0 Å². The van der Waals surface area contributed by atoms with Crippen LogP contribution in [0, 0.1) is 0 Å². The van der Waals surface area contributed by atoms with Gasteiger partial charge in [-0.05, 0) is 83.8 Å². The Morgan fingerprint density at radius 3 is 2.05 bits per heavy atom. The molecular weight excluding hydrogens is 518 g/mol. The highest BCUT2D eigenvalue weighted by molar-refractivity contribution is 5.91. The van der Waals surface area contributed by atoms with Gasteiger partial charge >= 0.3 is 5.97 Å². The maximum absolute atomic E-state index is 12.7. The quantitative estimate of drug-likeness (QED) is 0.0555. The Morgan fingerprint density at radius 2 is 1.33 bits per heavy atom. The summed E-state index contributed by atoms with van der Waals surface area (Å²) in [6.45, 7) is 5.07. The van der Waals surface area contributed by atoms with E-state index in [9.17, 15) is 4.79 Å². The third-order valence-corrected chi connectivity index (χ3v) is 7.67. The molecule has 0 saturated carbocycles. The molecule has 42 heavy (non-hydrogen) atoms. The predicted molar refractivity (Wildman–Crippen MR) is 175 cm³/mol. The van der Waals surface area contributed by atoms with Crippen LogP contribution in [-0.2, 0) is 0 Å². The lowest BCUT2D eigenvalue weighted by molar-refractivity contribution is 0.0734. The first kappa shape index (κ1) is 31.0. The Morgan fingerprint density at radius 1 is 0.714 bits per heavy atom. The van der Waals surface area contributed by atoms with Crippen molar-refractivity contribution in [3.63, 3.8) is 0 Å². The van der Waals surface area contributed by atoms with Gasteiger partial charge in [0.15, 0.2) is 0 Å². The lowest BCUT2D eigenvalue weighted by Gasteiger charge is -2.10. The number of rotatable bonds is 17. The molecule has 0 heterocycles. The number of ether oxygens (including phenoxy) is 2. The molecule has 0 aromatic heterocycles. The SMILES string of the molecule is CCCCCCCCCCCCOc1ccc(C(=O)Oc2ccc(C=NC(C)c3cccc4ccccc34)cc2)cc1. The molecule has 0 N–H and O–H groups in total. The molecule has 4 heteroatoms. The summed E-state index contributed by atoms with van der Waals surface area (Å²) in [5.41, 5.74) is 2.65. The summed E-state index contributed by atoms with van der Waals surface area (Å²) in [6, 6.07) is 29.3. The molecule has 0 saturated heterocycles. The summed E-state index contributed by atoms with van der Waals surface area (Å²) in [5.74, 6) is 0.895. The van der Waals surface area contributed by atoms with Crippen LogP contribution in [0.4, 0.5) is 0 Å². The molecule has 0 radical (unpaired) electrons. The second kappa shape index (κ2) is 17.1. The molecule has 0 aliphatic rings. The zero-order valence-electron chi connectivity index (χ0n) is 25.3. The van der Waals surface area contributed by atoms with E-state index >= 15 is 0 Å². The minimum Gasteiger partial charge on any atom is -0.494 e. The molecule has 0 amide bonds. The molecule has 0 spiro atoms. The molecule has 220 valence electrons. The van der Waals surface area contributed by atoms with Crippen LogP contribution in [0.1, 0.15) is 106 Å². The minimum absolute atomic E-state index is 0.0236. The number of hydrogen-bond donors (Lipinski definition) is 0. The molecule has 4 nitrogen and oxygen atoms in total. The average Bonchev–Trinajstić information content (AvgIpc) is 3.03. The monoisotopic (exact) mass is 563 g/mol. The summed E-state index contributed by atoms with van der Waals surface area (Å²) < 4.78 is 11.5. The van der Waals surface area contributed by atoms with Gasteiger partial charge in [-0.15, -0.1) is 0 Å². The van der Waals surface area contributed by atoms with Gasteiger partial charge in [0.2, 0.25) is 0 Å². The number of carbonyl (C=O) groups excluding carboxylic acids is 1. The highest BCUT2D eigenvalue weighted by atomic mass is 16.5. The van der Waals surface area contributed by atoms with Gasteiger partial charge in [-0.2, -0.15) is 0 Å². The average molecular weight is 564 g/mol. The summed E-state index contributed by atoms with van der Waals surface area (Å²) >= 11 is 0. The zero-order chi connectivity index (χ0) is 29.4. The number of hydrogen-bond acceptors (Lipinski definition) is 4. The van der Waals surface area contributed by atoms with Gasteiger partial charge in [0.25, 0.3) is 0 Å². The van der Waals surface area contributed by atoms with Crippen molar-refractivity contribution in [3.8, 4) is 11.5 Å². The van der Waals surface area contributed by atoms with Crippen molar-refractivity contribution in [3.05, 3.63) is 108 Å². The van der Waals surface area contributed by atoms with Crippen molar-refractivity contribution >= 4 is 23.0 Å². The fourth-order valence-corrected chi connectivity index (χ4v) is 5.15. The van der Waals surface area contributed by atoms with Crippen molar-refractivity contribution in [2.45, 2.75) is 84.1 Å². The first-order valence-electron chi connectivity index (χ1n) is 15.7. The topological polar surface area (TPSA) is 47.9 Å². The highest BCUT2D eigenvalue weighted by Crippen LogP contribution is 2.26. The highest BCUT2D eigenvalue weighted by Gasteiger charge is 2.10. The maximum atomic E-state index is 12.7. The Bertz CT molecular complexity index is 1390. The van der Waals surface area contributed by atoms with Crippen LogP contribution in [0.3, 0.4) is 0 Å². The molecule has 4 aromatic carbocycles. The Balaban J connectivity index is 1.17. The van der Waals surface area contributed by atoms with Crippen molar-refractivity contribution in [2.75, 3.05) is 6.61 Å². The summed E-state index contributed by atoms with van der Waals surface area (Å²) in [7, 11) is 0. The summed E-state index contributed by atoms with van der Waals surface area (Å²) in [4.78, 5) is 17.4. The molecule has 4 aromatic rings. The van der Waals surface area contributed by atoms with Gasteiger partial charge < -0.3 is 9.47 Å². The van der Waals surface area contributed by atoms with E-state index in [0.717, 1.165) is 17.7 Å². The van der Waals surface area contributed by atoms with Crippen LogP contribution in [-0.4, -0.2) is 18.8 Å². The fraction of sp³-hybridized carbons (Fsp3) is 0.368. The normalized spacial score (nSPS) is 12.0. The van der Waals surface area contributed by atoms with E-state index in [2.05, 4.69) is 56.3 Å². The largest absolute Gasteiger partial charge is 0.494 e. The van der Waals surface area contributed by atoms with Crippen LogP contribution in [0.5, 0.6) is 11.5 Å². The Kier molecular flexibility index (Phi) is 12.7.